The van der Waals surface area contributed by atoms with Gasteiger partial charge >= 0.3 is 0 Å². The number of hydrogen-bond donors (Lipinski definition) is 1. The molecule has 0 saturated heterocycles. The average molecular weight is 276 g/mol. The molecule has 0 radical (unpaired) electrons. The average Bonchev–Trinajstić information content (AvgIpc) is 2.84. The van der Waals surface area contributed by atoms with Crippen LogP contribution in [-0.2, 0) is 13.1 Å². The molecule has 0 amide bonds. The Kier molecular flexibility index (Phi) is 4.95. The fourth-order valence-electron chi connectivity index (χ4n) is 1.87. The van der Waals surface area contributed by atoms with Gasteiger partial charge in [-0.2, -0.15) is 0 Å². The molecule has 0 atom stereocenters. The molecular weight excluding hydrogens is 256 g/mol. The summed E-state index contributed by atoms with van der Waals surface area (Å²) in [6.45, 7) is 3.80. The Bertz CT molecular complexity index is 537. The summed E-state index contributed by atoms with van der Waals surface area (Å²) in [7, 11) is 1.64. The largest absolute Gasteiger partial charge is 0.497 e. The van der Waals surface area contributed by atoms with Crippen LogP contribution in [0.2, 0.25) is 0 Å². The maximum Gasteiger partial charge on any atom is 0.119 e. The Morgan fingerprint density at radius 2 is 1.90 bits per heavy atom. The van der Waals surface area contributed by atoms with Gasteiger partial charge in [-0.25, -0.2) is 4.68 Å². The Labute approximate surface area is 118 Å². The highest BCUT2D eigenvalue weighted by Gasteiger charge is 2.06. The second-order valence-electron chi connectivity index (χ2n) is 4.43. The number of methoxy groups -OCH3 is 1. The number of rotatable bonds is 7. The van der Waals surface area contributed by atoms with Gasteiger partial charge in [0.05, 0.1) is 25.1 Å². The molecule has 2 aromatic rings. The van der Waals surface area contributed by atoms with E-state index in [0.717, 1.165) is 35.9 Å². The maximum atomic E-state index is 5.66. The van der Waals surface area contributed by atoms with Gasteiger partial charge in [0, 0.05) is 19.5 Å². The minimum absolute atomic E-state index is 0.425. The molecule has 6 heteroatoms. The van der Waals surface area contributed by atoms with Crippen LogP contribution in [0.4, 0.5) is 0 Å². The van der Waals surface area contributed by atoms with Crippen molar-refractivity contribution in [3.8, 4) is 11.5 Å². The third kappa shape index (κ3) is 3.48. The fraction of sp³-hybridized carbons (Fsp3) is 0.429. The van der Waals surface area contributed by atoms with Crippen LogP contribution in [0.25, 0.3) is 0 Å². The van der Waals surface area contributed by atoms with E-state index in [1.165, 1.54) is 0 Å². The molecule has 20 heavy (non-hydrogen) atoms. The monoisotopic (exact) mass is 276 g/mol. The molecule has 0 spiro atoms. The second-order valence-corrected chi connectivity index (χ2v) is 4.43. The molecule has 0 aliphatic carbocycles. The van der Waals surface area contributed by atoms with Crippen LogP contribution in [0.3, 0.4) is 0 Å². The first-order valence-electron chi connectivity index (χ1n) is 6.60. The number of hydrogen-bond acceptors (Lipinski definition) is 5. The van der Waals surface area contributed by atoms with Gasteiger partial charge in [-0.15, -0.1) is 5.10 Å². The number of nitrogens with zero attached hydrogens (tertiary/aromatic N) is 3. The third-order valence-electron chi connectivity index (χ3n) is 3.11. The molecule has 1 aromatic heterocycles. The van der Waals surface area contributed by atoms with Crippen molar-refractivity contribution in [1.29, 1.82) is 0 Å². The van der Waals surface area contributed by atoms with Crippen LogP contribution < -0.4 is 15.2 Å². The SMILES string of the molecule is COc1ccc(OCCCn2nnc(CN)c2C)cc1. The van der Waals surface area contributed by atoms with Crippen LogP contribution >= 0.6 is 0 Å². The summed E-state index contributed by atoms with van der Waals surface area (Å²) in [5, 5.41) is 8.09. The predicted octanol–water partition coefficient (Wildman–Crippen LogP) is 1.52. The first-order chi connectivity index (χ1) is 9.74. The molecule has 0 bridgehead atoms. The van der Waals surface area contributed by atoms with E-state index in [9.17, 15) is 0 Å². The summed E-state index contributed by atoms with van der Waals surface area (Å²) in [6.07, 6.45) is 0.861. The highest BCUT2D eigenvalue weighted by atomic mass is 16.5. The molecule has 1 aromatic carbocycles. The van der Waals surface area contributed by atoms with Crippen LogP contribution in [0, 0.1) is 6.92 Å². The number of aromatic nitrogens is 3. The summed E-state index contributed by atoms with van der Waals surface area (Å²) in [5.74, 6) is 1.66. The van der Waals surface area contributed by atoms with Gasteiger partial charge in [-0.05, 0) is 31.2 Å². The van der Waals surface area contributed by atoms with Crippen molar-refractivity contribution in [1.82, 2.24) is 15.0 Å². The van der Waals surface area contributed by atoms with E-state index in [1.807, 2.05) is 35.9 Å². The lowest BCUT2D eigenvalue weighted by atomic mass is 10.3. The minimum atomic E-state index is 0.425. The van der Waals surface area contributed by atoms with Gasteiger partial charge < -0.3 is 15.2 Å². The summed E-state index contributed by atoms with van der Waals surface area (Å²) in [6, 6.07) is 7.55. The number of nitrogens with two attached hydrogens (primary N) is 1. The zero-order valence-corrected chi connectivity index (χ0v) is 11.9. The van der Waals surface area contributed by atoms with Crippen LogP contribution in [0.5, 0.6) is 11.5 Å². The van der Waals surface area contributed by atoms with Crippen molar-refractivity contribution in [3.05, 3.63) is 35.7 Å². The summed E-state index contributed by atoms with van der Waals surface area (Å²) < 4.78 is 12.6. The highest BCUT2D eigenvalue weighted by Crippen LogP contribution is 2.17. The minimum Gasteiger partial charge on any atom is -0.497 e. The Morgan fingerprint density at radius 1 is 1.20 bits per heavy atom. The van der Waals surface area contributed by atoms with Gasteiger partial charge in [-0.1, -0.05) is 5.21 Å². The molecule has 0 unspecified atom stereocenters. The van der Waals surface area contributed by atoms with E-state index >= 15 is 0 Å². The van der Waals surface area contributed by atoms with E-state index in [-0.39, 0.29) is 0 Å². The standard InChI is InChI=1S/C14H20N4O2/c1-11-14(10-15)16-17-18(11)8-3-9-20-13-6-4-12(19-2)5-7-13/h4-7H,3,8-10,15H2,1-2H3. The lowest BCUT2D eigenvalue weighted by Gasteiger charge is -2.07. The normalized spacial score (nSPS) is 10.6. The van der Waals surface area contributed by atoms with E-state index < -0.39 is 0 Å². The predicted molar refractivity (Wildman–Crippen MR) is 75.8 cm³/mol. The van der Waals surface area contributed by atoms with Crippen LogP contribution in [-0.4, -0.2) is 28.7 Å². The van der Waals surface area contributed by atoms with E-state index in [1.54, 1.807) is 7.11 Å². The summed E-state index contributed by atoms with van der Waals surface area (Å²) >= 11 is 0. The first kappa shape index (κ1) is 14.3. The van der Waals surface area contributed by atoms with Gasteiger partial charge in [0.2, 0.25) is 0 Å². The molecule has 0 fully saturated rings. The summed E-state index contributed by atoms with van der Waals surface area (Å²) in [4.78, 5) is 0. The maximum absolute atomic E-state index is 5.66. The van der Waals surface area contributed by atoms with Gasteiger partial charge in [0.25, 0.3) is 0 Å². The Balaban J connectivity index is 1.76. The first-order valence-corrected chi connectivity index (χ1v) is 6.60. The Morgan fingerprint density at radius 3 is 2.50 bits per heavy atom. The van der Waals surface area contributed by atoms with Crippen molar-refractivity contribution in [2.75, 3.05) is 13.7 Å². The zero-order chi connectivity index (χ0) is 14.4. The fourth-order valence-corrected chi connectivity index (χ4v) is 1.87. The topological polar surface area (TPSA) is 75.2 Å². The number of ether oxygens (including phenoxy) is 2. The Hall–Kier alpha value is -2.08. The summed E-state index contributed by atoms with van der Waals surface area (Å²) in [5.41, 5.74) is 7.44. The number of aryl methyl sites for hydroxylation is 1. The van der Waals surface area contributed by atoms with Crippen LogP contribution in [0.1, 0.15) is 17.8 Å². The van der Waals surface area contributed by atoms with Crippen LogP contribution in [0.15, 0.2) is 24.3 Å². The van der Waals surface area contributed by atoms with E-state index in [0.29, 0.717) is 13.2 Å². The lowest BCUT2D eigenvalue weighted by Crippen LogP contribution is -2.08. The highest BCUT2D eigenvalue weighted by molar-refractivity contribution is 5.31. The molecule has 6 nitrogen and oxygen atoms in total. The van der Waals surface area contributed by atoms with Gasteiger partial charge in [-0.3, -0.25) is 0 Å². The second kappa shape index (κ2) is 6.91. The smallest absolute Gasteiger partial charge is 0.119 e. The van der Waals surface area contributed by atoms with Gasteiger partial charge in [0.1, 0.15) is 11.5 Å². The number of benzene rings is 1. The van der Waals surface area contributed by atoms with Crippen molar-refractivity contribution >= 4 is 0 Å². The quantitative estimate of drug-likeness (QED) is 0.776. The molecule has 1 heterocycles. The molecular formula is C14H20N4O2. The van der Waals surface area contributed by atoms with Gasteiger partial charge in [0.15, 0.2) is 0 Å². The van der Waals surface area contributed by atoms with E-state index in [4.69, 9.17) is 15.2 Å². The third-order valence-corrected chi connectivity index (χ3v) is 3.11. The lowest BCUT2D eigenvalue weighted by molar-refractivity contribution is 0.296. The van der Waals surface area contributed by atoms with E-state index in [2.05, 4.69) is 10.3 Å². The molecule has 2 N–H and O–H groups in total. The molecule has 0 saturated carbocycles. The van der Waals surface area contributed by atoms with Crippen molar-refractivity contribution in [2.24, 2.45) is 5.73 Å². The van der Waals surface area contributed by atoms with Crippen molar-refractivity contribution < 1.29 is 9.47 Å². The molecule has 2 rings (SSSR count). The van der Waals surface area contributed by atoms with Crippen molar-refractivity contribution in [3.63, 3.8) is 0 Å². The molecule has 0 aliphatic rings. The van der Waals surface area contributed by atoms with Crippen molar-refractivity contribution in [2.45, 2.75) is 26.4 Å². The molecule has 108 valence electrons. The zero-order valence-electron chi connectivity index (χ0n) is 11.9. The molecule has 0 aliphatic heterocycles.